The zero-order chi connectivity index (χ0) is 23.1. The fourth-order valence-corrected chi connectivity index (χ4v) is 4.65. The highest BCUT2D eigenvalue weighted by atomic mass is 32.2. The lowest BCUT2D eigenvalue weighted by atomic mass is 10.1. The predicted octanol–water partition coefficient (Wildman–Crippen LogP) is 2.27. The lowest BCUT2D eigenvalue weighted by Crippen LogP contribution is -2.40. The lowest BCUT2D eigenvalue weighted by Gasteiger charge is -2.27. The highest BCUT2D eigenvalue weighted by molar-refractivity contribution is 7.89. The maximum atomic E-state index is 13.2. The molecule has 0 radical (unpaired) electrons. The molecular formula is C22H23N3O6S. The van der Waals surface area contributed by atoms with Crippen LogP contribution in [0.3, 0.4) is 0 Å². The van der Waals surface area contributed by atoms with Gasteiger partial charge in [0, 0.05) is 19.2 Å². The van der Waals surface area contributed by atoms with Crippen molar-refractivity contribution in [1.82, 2.24) is 4.31 Å². The van der Waals surface area contributed by atoms with Crippen LogP contribution in [0, 0.1) is 11.3 Å². The number of anilines is 1. The predicted molar refractivity (Wildman–Crippen MR) is 118 cm³/mol. The van der Waals surface area contributed by atoms with Gasteiger partial charge in [-0.25, -0.2) is 8.42 Å². The van der Waals surface area contributed by atoms with Gasteiger partial charge in [0.05, 0.1) is 33.1 Å². The maximum Gasteiger partial charge on any atom is 0.266 e. The standard InChI is InChI=1S/C22H23N3O6S/c1-29-18-5-3-16(4-6-18)13-17(15-23)22(26)24-20-8-7-19(30-2)14-21(20)32(27,28)25-9-11-31-12-10-25/h3-8,13-14H,9-12H2,1-2H3,(H,24,26). The Morgan fingerprint density at radius 1 is 1.09 bits per heavy atom. The van der Waals surface area contributed by atoms with Gasteiger partial charge in [-0.15, -0.1) is 0 Å². The van der Waals surface area contributed by atoms with E-state index >= 15 is 0 Å². The Morgan fingerprint density at radius 2 is 1.72 bits per heavy atom. The second kappa shape index (κ2) is 10.3. The van der Waals surface area contributed by atoms with Gasteiger partial charge in [-0.1, -0.05) is 12.1 Å². The Balaban J connectivity index is 1.92. The number of rotatable bonds is 7. The Morgan fingerprint density at radius 3 is 2.31 bits per heavy atom. The van der Waals surface area contributed by atoms with E-state index in [0.29, 0.717) is 17.1 Å². The summed E-state index contributed by atoms with van der Waals surface area (Å²) in [7, 11) is -0.969. The summed E-state index contributed by atoms with van der Waals surface area (Å²) in [5, 5.41) is 12.0. The summed E-state index contributed by atoms with van der Waals surface area (Å²) in [5.74, 6) is 0.234. The third kappa shape index (κ3) is 5.26. The number of amides is 1. The molecule has 0 saturated carbocycles. The second-order valence-electron chi connectivity index (χ2n) is 6.78. The number of benzene rings is 2. The third-order valence-corrected chi connectivity index (χ3v) is 6.76. The van der Waals surface area contributed by atoms with E-state index < -0.39 is 15.9 Å². The van der Waals surface area contributed by atoms with Gasteiger partial charge in [0.15, 0.2) is 0 Å². The van der Waals surface area contributed by atoms with Crippen molar-refractivity contribution in [3.63, 3.8) is 0 Å². The fraction of sp³-hybridized carbons (Fsp3) is 0.273. The van der Waals surface area contributed by atoms with Crippen molar-refractivity contribution in [3.8, 4) is 17.6 Å². The van der Waals surface area contributed by atoms with Crippen LogP contribution in [-0.2, 0) is 19.6 Å². The summed E-state index contributed by atoms with van der Waals surface area (Å²) in [4.78, 5) is 12.7. The molecule has 9 nitrogen and oxygen atoms in total. The van der Waals surface area contributed by atoms with E-state index in [2.05, 4.69) is 5.32 Å². The molecule has 32 heavy (non-hydrogen) atoms. The van der Waals surface area contributed by atoms with Crippen molar-refractivity contribution in [2.45, 2.75) is 4.90 Å². The van der Waals surface area contributed by atoms with Gasteiger partial charge in [-0.3, -0.25) is 4.79 Å². The molecule has 1 aliphatic rings. The number of sulfonamides is 1. The van der Waals surface area contributed by atoms with Crippen LogP contribution >= 0.6 is 0 Å². The van der Waals surface area contributed by atoms with Crippen LogP contribution in [0.15, 0.2) is 52.9 Å². The number of nitrogens with zero attached hydrogens (tertiary/aromatic N) is 2. The Bertz CT molecular complexity index is 1150. The summed E-state index contributed by atoms with van der Waals surface area (Å²) >= 11 is 0. The molecule has 1 aliphatic heterocycles. The molecule has 0 atom stereocenters. The minimum Gasteiger partial charge on any atom is -0.497 e. The van der Waals surface area contributed by atoms with Crippen molar-refractivity contribution in [1.29, 1.82) is 5.26 Å². The topological polar surface area (TPSA) is 118 Å². The van der Waals surface area contributed by atoms with E-state index in [0.717, 1.165) is 0 Å². The van der Waals surface area contributed by atoms with Gasteiger partial charge < -0.3 is 19.5 Å². The molecule has 10 heteroatoms. The van der Waals surface area contributed by atoms with Crippen LogP contribution in [0.1, 0.15) is 5.56 Å². The maximum absolute atomic E-state index is 13.2. The quantitative estimate of drug-likeness (QED) is 0.500. The molecule has 1 amide bonds. The number of nitrogens with one attached hydrogen (secondary N) is 1. The summed E-state index contributed by atoms with van der Waals surface area (Å²) in [5.41, 5.74) is 0.493. The summed E-state index contributed by atoms with van der Waals surface area (Å²) in [6.07, 6.45) is 1.41. The van der Waals surface area contributed by atoms with Gasteiger partial charge in [0.1, 0.15) is 28.0 Å². The summed E-state index contributed by atoms with van der Waals surface area (Å²) in [6, 6.07) is 13.0. The average Bonchev–Trinajstić information content (AvgIpc) is 2.83. The number of hydrogen-bond donors (Lipinski definition) is 1. The van der Waals surface area contributed by atoms with E-state index in [1.54, 1.807) is 24.3 Å². The Hall–Kier alpha value is -3.39. The summed E-state index contributed by atoms with van der Waals surface area (Å²) < 4.78 is 43.2. The Kier molecular flexibility index (Phi) is 7.48. The minimum atomic E-state index is -3.93. The smallest absolute Gasteiger partial charge is 0.266 e. The first-order valence-electron chi connectivity index (χ1n) is 9.72. The second-order valence-corrected chi connectivity index (χ2v) is 8.68. The number of carbonyl (C=O) groups is 1. The molecule has 2 aromatic carbocycles. The number of carbonyl (C=O) groups excluding carboxylic acids is 1. The van der Waals surface area contributed by atoms with Crippen LogP contribution < -0.4 is 14.8 Å². The van der Waals surface area contributed by atoms with Crippen LogP contribution in [0.2, 0.25) is 0 Å². The van der Waals surface area contributed by atoms with E-state index in [1.165, 1.54) is 42.8 Å². The van der Waals surface area contributed by atoms with Gasteiger partial charge >= 0.3 is 0 Å². The first kappa shape index (κ1) is 23.3. The monoisotopic (exact) mass is 457 g/mol. The van der Waals surface area contributed by atoms with Gasteiger partial charge in [-0.2, -0.15) is 9.57 Å². The van der Waals surface area contributed by atoms with Gasteiger partial charge in [0.2, 0.25) is 10.0 Å². The zero-order valence-electron chi connectivity index (χ0n) is 17.7. The van der Waals surface area contributed by atoms with Gasteiger partial charge in [-0.05, 0) is 35.9 Å². The molecule has 1 heterocycles. The number of morpholine rings is 1. The Labute approximate surface area is 186 Å². The van der Waals surface area contributed by atoms with Crippen LogP contribution in [-0.4, -0.2) is 59.2 Å². The highest BCUT2D eigenvalue weighted by Crippen LogP contribution is 2.30. The normalized spacial score (nSPS) is 15.0. The third-order valence-electron chi connectivity index (χ3n) is 4.82. The minimum absolute atomic E-state index is 0.0539. The van der Waals surface area contributed by atoms with Crippen molar-refractivity contribution >= 4 is 27.7 Å². The number of nitriles is 1. The molecule has 0 spiro atoms. The van der Waals surface area contributed by atoms with E-state index in [4.69, 9.17) is 14.2 Å². The molecule has 0 aromatic heterocycles. The first-order chi connectivity index (χ1) is 15.4. The average molecular weight is 458 g/mol. The molecule has 0 bridgehead atoms. The molecule has 1 N–H and O–H groups in total. The van der Waals surface area contributed by atoms with Crippen molar-refractivity contribution in [2.24, 2.45) is 0 Å². The molecule has 0 unspecified atom stereocenters. The summed E-state index contributed by atoms with van der Waals surface area (Å²) in [6.45, 7) is 0.976. The zero-order valence-corrected chi connectivity index (χ0v) is 18.5. The number of ether oxygens (including phenoxy) is 3. The molecule has 1 saturated heterocycles. The van der Waals surface area contributed by atoms with Crippen molar-refractivity contribution in [2.75, 3.05) is 45.8 Å². The molecule has 1 fully saturated rings. The van der Waals surface area contributed by atoms with Gasteiger partial charge in [0.25, 0.3) is 5.91 Å². The van der Waals surface area contributed by atoms with Crippen LogP contribution in [0.4, 0.5) is 5.69 Å². The number of hydrogen-bond acceptors (Lipinski definition) is 7. The van der Waals surface area contributed by atoms with Crippen LogP contribution in [0.25, 0.3) is 6.08 Å². The van der Waals surface area contributed by atoms with E-state index in [9.17, 15) is 18.5 Å². The van der Waals surface area contributed by atoms with Crippen molar-refractivity contribution < 1.29 is 27.4 Å². The van der Waals surface area contributed by atoms with Crippen molar-refractivity contribution in [3.05, 3.63) is 53.6 Å². The molecule has 0 aliphatic carbocycles. The highest BCUT2D eigenvalue weighted by Gasteiger charge is 2.30. The lowest BCUT2D eigenvalue weighted by molar-refractivity contribution is -0.112. The van der Waals surface area contributed by atoms with Crippen LogP contribution in [0.5, 0.6) is 11.5 Å². The largest absolute Gasteiger partial charge is 0.497 e. The SMILES string of the molecule is COc1ccc(C=C(C#N)C(=O)Nc2ccc(OC)cc2S(=O)(=O)N2CCOCC2)cc1. The molecular weight excluding hydrogens is 434 g/mol. The molecule has 3 rings (SSSR count). The number of methoxy groups -OCH3 is 2. The van der Waals surface area contributed by atoms with E-state index in [1.807, 2.05) is 6.07 Å². The molecule has 2 aromatic rings. The molecule has 168 valence electrons. The first-order valence-corrected chi connectivity index (χ1v) is 11.2. The fourth-order valence-electron chi connectivity index (χ4n) is 3.08. The van der Waals surface area contributed by atoms with E-state index in [-0.39, 0.29) is 42.5 Å².